The lowest BCUT2D eigenvalue weighted by Gasteiger charge is -2.23. The van der Waals surface area contributed by atoms with Gasteiger partial charge in [-0.2, -0.15) is 0 Å². The zero-order chi connectivity index (χ0) is 13.3. The third-order valence-electron chi connectivity index (χ3n) is 1.99. The molecule has 1 heterocycles. The molecule has 0 radical (unpaired) electrons. The highest BCUT2D eigenvalue weighted by molar-refractivity contribution is 5.68. The summed E-state index contributed by atoms with van der Waals surface area (Å²) in [5, 5.41) is 0. The Morgan fingerprint density at radius 3 is 2.12 bits per heavy atom. The number of carbonyl (C=O) groups is 2. The lowest BCUT2D eigenvalue weighted by atomic mass is 10.2. The zero-order valence-electron chi connectivity index (χ0n) is 11.2. The summed E-state index contributed by atoms with van der Waals surface area (Å²) < 4.78 is 9.36. The van der Waals surface area contributed by atoms with Crippen LogP contribution in [0.4, 0.5) is 4.79 Å². The Hall–Kier alpha value is -1.26. The first-order valence-corrected chi connectivity index (χ1v) is 5.94. The lowest BCUT2D eigenvalue weighted by Crippen LogP contribution is -2.34. The minimum atomic E-state index is -0.361. The van der Waals surface area contributed by atoms with Gasteiger partial charge in [0.1, 0.15) is 5.60 Å². The molecule has 1 aliphatic heterocycles. The lowest BCUT2D eigenvalue weighted by molar-refractivity contribution is -0.128. The molecule has 1 rings (SSSR count). The smallest absolute Gasteiger partial charge is 0.410 e. The molecule has 1 aliphatic rings. The van der Waals surface area contributed by atoms with Gasteiger partial charge in [0.05, 0.1) is 6.61 Å². The molecule has 0 spiro atoms. The molecule has 0 N–H and O–H groups in total. The summed E-state index contributed by atoms with van der Waals surface area (Å²) in [6, 6.07) is 0. The highest BCUT2D eigenvalue weighted by Gasteiger charge is 2.23. The Morgan fingerprint density at radius 1 is 1.29 bits per heavy atom. The van der Waals surface area contributed by atoms with E-state index in [9.17, 15) is 9.59 Å². The van der Waals surface area contributed by atoms with Crippen LogP contribution in [0.3, 0.4) is 0 Å². The van der Waals surface area contributed by atoms with Gasteiger partial charge in [-0.1, -0.05) is 0 Å². The van der Waals surface area contributed by atoms with Crippen LogP contribution < -0.4 is 0 Å². The molecule has 0 saturated carbocycles. The van der Waals surface area contributed by atoms with Crippen LogP contribution in [0.5, 0.6) is 0 Å². The number of ether oxygens (including phenoxy) is 2. The molecule has 0 unspecified atom stereocenters. The molecule has 17 heavy (non-hydrogen) atoms. The molecule has 0 aromatic heterocycles. The van der Waals surface area contributed by atoms with Gasteiger partial charge < -0.3 is 14.4 Å². The second-order valence-electron chi connectivity index (χ2n) is 4.73. The van der Waals surface area contributed by atoms with Crippen LogP contribution >= 0.6 is 0 Å². The van der Waals surface area contributed by atoms with Crippen molar-refractivity contribution in [1.82, 2.24) is 4.90 Å². The standard InChI is InChI=1S/C9H17NO2.C3H6O2/c1-9(2,3)12-8(11)10-6-4-5-7-10;1-2-5-3-4/h4-7H2,1-3H3;3H,2H2,1H3. The fourth-order valence-electron chi connectivity index (χ4n) is 1.29. The Balaban J connectivity index is 0.000000437. The molecular formula is C12H23NO4. The fraction of sp³-hybridized carbons (Fsp3) is 0.833. The molecule has 1 saturated heterocycles. The summed E-state index contributed by atoms with van der Waals surface area (Å²) in [4.78, 5) is 22.3. The van der Waals surface area contributed by atoms with Gasteiger partial charge >= 0.3 is 6.09 Å². The number of hydrogen-bond donors (Lipinski definition) is 0. The molecule has 5 nitrogen and oxygen atoms in total. The summed E-state index contributed by atoms with van der Waals surface area (Å²) in [5.74, 6) is 0. The predicted octanol–water partition coefficient (Wildman–Crippen LogP) is 2.20. The van der Waals surface area contributed by atoms with Crippen molar-refractivity contribution in [3.05, 3.63) is 0 Å². The van der Waals surface area contributed by atoms with Crippen LogP contribution in [0.15, 0.2) is 0 Å². The highest BCUT2D eigenvalue weighted by Crippen LogP contribution is 2.14. The van der Waals surface area contributed by atoms with Crippen molar-refractivity contribution in [1.29, 1.82) is 0 Å². The van der Waals surface area contributed by atoms with Gasteiger partial charge in [0.15, 0.2) is 0 Å². The van der Waals surface area contributed by atoms with Gasteiger partial charge in [0.2, 0.25) is 0 Å². The van der Waals surface area contributed by atoms with Crippen molar-refractivity contribution in [2.45, 2.75) is 46.1 Å². The summed E-state index contributed by atoms with van der Waals surface area (Å²) in [7, 11) is 0. The van der Waals surface area contributed by atoms with Crippen LogP contribution in [-0.4, -0.2) is 42.8 Å². The average molecular weight is 245 g/mol. The number of nitrogens with zero attached hydrogens (tertiary/aromatic N) is 1. The summed E-state index contributed by atoms with van der Waals surface area (Å²) in [6.07, 6.45) is 2.05. The first-order chi connectivity index (χ1) is 7.90. The number of rotatable bonds is 2. The molecule has 0 aliphatic carbocycles. The second-order valence-corrected chi connectivity index (χ2v) is 4.73. The van der Waals surface area contributed by atoms with Gasteiger partial charge in [-0.05, 0) is 40.5 Å². The number of carbonyl (C=O) groups excluding carboxylic acids is 2. The quantitative estimate of drug-likeness (QED) is 0.700. The molecular weight excluding hydrogens is 222 g/mol. The van der Waals surface area contributed by atoms with E-state index in [-0.39, 0.29) is 11.7 Å². The van der Waals surface area contributed by atoms with Gasteiger partial charge in [-0.15, -0.1) is 0 Å². The van der Waals surface area contributed by atoms with Crippen molar-refractivity contribution in [2.75, 3.05) is 19.7 Å². The maximum atomic E-state index is 11.4. The Bertz CT molecular complexity index is 229. The predicted molar refractivity (Wildman–Crippen MR) is 64.7 cm³/mol. The van der Waals surface area contributed by atoms with E-state index in [4.69, 9.17) is 4.74 Å². The van der Waals surface area contributed by atoms with E-state index in [0.717, 1.165) is 25.9 Å². The molecule has 1 amide bonds. The number of likely N-dealkylation sites (tertiary alicyclic amines) is 1. The SMILES string of the molecule is CC(C)(C)OC(=O)N1CCCC1.CCOC=O. The van der Waals surface area contributed by atoms with Crippen molar-refractivity contribution < 1.29 is 19.1 Å². The van der Waals surface area contributed by atoms with E-state index in [2.05, 4.69) is 4.74 Å². The molecule has 1 fully saturated rings. The van der Waals surface area contributed by atoms with Crippen molar-refractivity contribution in [3.8, 4) is 0 Å². The second kappa shape index (κ2) is 7.92. The number of hydrogen-bond acceptors (Lipinski definition) is 4. The van der Waals surface area contributed by atoms with Crippen LogP contribution in [0, 0.1) is 0 Å². The summed E-state index contributed by atoms with van der Waals surface area (Å²) >= 11 is 0. The van der Waals surface area contributed by atoms with E-state index in [1.165, 1.54) is 0 Å². The molecule has 0 bridgehead atoms. The van der Waals surface area contributed by atoms with Crippen LogP contribution in [-0.2, 0) is 14.3 Å². The van der Waals surface area contributed by atoms with Gasteiger partial charge in [-0.3, -0.25) is 4.79 Å². The maximum Gasteiger partial charge on any atom is 0.410 e. The molecule has 100 valence electrons. The topological polar surface area (TPSA) is 55.8 Å². The Labute approximate surface area is 103 Å². The monoisotopic (exact) mass is 245 g/mol. The average Bonchev–Trinajstić information content (AvgIpc) is 2.69. The minimum Gasteiger partial charge on any atom is -0.468 e. The van der Waals surface area contributed by atoms with Crippen LogP contribution in [0.1, 0.15) is 40.5 Å². The molecule has 5 heteroatoms. The van der Waals surface area contributed by atoms with Crippen molar-refractivity contribution in [2.24, 2.45) is 0 Å². The van der Waals surface area contributed by atoms with Gasteiger partial charge in [0.25, 0.3) is 6.47 Å². The normalized spacial score (nSPS) is 14.7. The molecule has 0 aromatic rings. The summed E-state index contributed by atoms with van der Waals surface area (Å²) in [6.45, 7) is 10.0. The van der Waals surface area contributed by atoms with Crippen LogP contribution in [0.25, 0.3) is 0 Å². The Morgan fingerprint density at radius 2 is 1.82 bits per heavy atom. The van der Waals surface area contributed by atoms with Crippen LogP contribution in [0.2, 0.25) is 0 Å². The first-order valence-electron chi connectivity index (χ1n) is 5.94. The highest BCUT2D eigenvalue weighted by atomic mass is 16.6. The van der Waals surface area contributed by atoms with E-state index in [1.54, 1.807) is 11.8 Å². The third kappa shape index (κ3) is 8.54. The molecule has 0 atom stereocenters. The largest absolute Gasteiger partial charge is 0.468 e. The van der Waals surface area contributed by atoms with Crippen molar-refractivity contribution >= 4 is 12.6 Å². The first kappa shape index (κ1) is 15.7. The van der Waals surface area contributed by atoms with E-state index in [1.807, 2.05) is 20.8 Å². The van der Waals surface area contributed by atoms with E-state index < -0.39 is 0 Å². The van der Waals surface area contributed by atoms with Crippen molar-refractivity contribution in [3.63, 3.8) is 0 Å². The molecule has 0 aromatic carbocycles. The number of amides is 1. The van der Waals surface area contributed by atoms with Gasteiger partial charge in [-0.25, -0.2) is 4.79 Å². The Kier molecular flexibility index (Phi) is 7.34. The minimum absolute atomic E-state index is 0.167. The van der Waals surface area contributed by atoms with E-state index in [0.29, 0.717) is 13.1 Å². The third-order valence-corrected chi connectivity index (χ3v) is 1.99. The summed E-state index contributed by atoms with van der Waals surface area (Å²) in [5.41, 5.74) is -0.361. The maximum absolute atomic E-state index is 11.4. The fourth-order valence-corrected chi connectivity index (χ4v) is 1.29. The van der Waals surface area contributed by atoms with E-state index >= 15 is 0 Å². The van der Waals surface area contributed by atoms with Gasteiger partial charge in [0, 0.05) is 13.1 Å². The zero-order valence-corrected chi connectivity index (χ0v) is 11.2.